The molecule has 0 aromatic rings. The molecular weight excluding hydrogens is 272 g/mol. The van der Waals surface area contributed by atoms with E-state index in [1.807, 2.05) is 7.05 Å². The van der Waals surface area contributed by atoms with Crippen molar-refractivity contribution in [3.8, 4) is 0 Å². The molecule has 3 unspecified atom stereocenters. The lowest BCUT2D eigenvalue weighted by Crippen LogP contribution is -2.47. The Morgan fingerprint density at radius 1 is 1.09 bits per heavy atom. The highest BCUT2D eigenvalue weighted by Crippen LogP contribution is 2.35. The summed E-state index contributed by atoms with van der Waals surface area (Å²) in [4.78, 5) is 9.76. The van der Waals surface area contributed by atoms with Gasteiger partial charge in [-0.15, -0.1) is 0 Å². The van der Waals surface area contributed by atoms with Gasteiger partial charge in [0.25, 0.3) is 0 Å². The summed E-state index contributed by atoms with van der Waals surface area (Å²) in [5.74, 6) is 2.99. The van der Waals surface area contributed by atoms with Crippen molar-refractivity contribution in [2.24, 2.45) is 16.8 Å². The zero-order valence-corrected chi connectivity index (χ0v) is 14.6. The monoisotopic (exact) mass is 306 g/mol. The summed E-state index contributed by atoms with van der Waals surface area (Å²) >= 11 is 0. The molecule has 3 fully saturated rings. The standard InChI is InChI=1S/C18H34N4/c1-3-17(21-10-6-7-11-21)12-20-18(19-2)22-13-15-8-4-5-9-16(15)14-22/h15-17H,3-14H2,1-2H3,(H,19,20). The Bertz CT molecular complexity index is 361. The number of hydrogen-bond acceptors (Lipinski definition) is 2. The van der Waals surface area contributed by atoms with E-state index < -0.39 is 0 Å². The average Bonchev–Trinajstić information content (AvgIpc) is 3.20. The van der Waals surface area contributed by atoms with Crippen molar-refractivity contribution < 1.29 is 0 Å². The predicted octanol–water partition coefficient (Wildman–Crippen LogP) is 2.56. The summed E-state index contributed by atoms with van der Waals surface area (Å²) in [5.41, 5.74) is 0. The first-order chi connectivity index (χ1) is 10.8. The van der Waals surface area contributed by atoms with Crippen LogP contribution in [0.15, 0.2) is 4.99 Å². The van der Waals surface area contributed by atoms with Crippen molar-refractivity contribution >= 4 is 5.96 Å². The van der Waals surface area contributed by atoms with Gasteiger partial charge in [0.2, 0.25) is 0 Å². The number of hydrogen-bond donors (Lipinski definition) is 1. The minimum Gasteiger partial charge on any atom is -0.355 e. The molecule has 126 valence electrons. The van der Waals surface area contributed by atoms with Gasteiger partial charge >= 0.3 is 0 Å². The molecule has 0 radical (unpaired) electrons. The van der Waals surface area contributed by atoms with Crippen molar-refractivity contribution in [2.45, 2.75) is 57.9 Å². The number of fused-ring (bicyclic) bond motifs is 1. The van der Waals surface area contributed by atoms with E-state index in [0.717, 1.165) is 24.3 Å². The Morgan fingerprint density at radius 2 is 1.73 bits per heavy atom. The van der Waals surface area contributed by atoms with E-state index in [1.165, 1.54) is 71.1 Å². The van der Waals surface area contributed by atoms with Gasteiger partial charge in [0, 0.05) is 32.7 Å². The minimum absolute atomic E-state index is 0.670. The molecule has 0 aromatic carbocycles. The van der Waals surface area contributed by atoms with Gasteiger partial charge in [-0.3, -0.25) is 9.89 Å². The zero-order chi connectivity index (χ0) is 15.4. The van der Waals surface area contributed by atoms with E-state index in [1.54, 1.807) is 0 Å². The van der Waals surface area contributed by atoms with Crippen LogP contribution in [0, 0.1) is 11.8 Å². The molecular formula is C18H34N4. The topological polar surface area (TPSA) is 30.9 Å². The molecule has 22 heavy (non-hydrogen) atoms. The van der Waals surface area contributed by atoms with Crippen LogP contribution in [0.2, 0.25) is 0 Å². The predicted molar refractivity (Wildman–Crippen MR) is 93.3 cm³/mol. The molecule has 0 aromatic heterocycles. The second kappa shape index (κ2) is 7.67. The smallest absolute Gasteiger partial charge is 0.193 e. The maximum atomic E-state index is 4.57. The van der Waals surface area contributed by atoms with Crippen LogP contribution in [-0.2, 0) is 0 Å². The molecule has 2 saturated heterocycles. The SMILES string of the molecule is CCC(CNC(=NC)N1CC2CCCCC2C1)N1CCCC1. The van der Waals surface area contributed by atoms with E-state index in [4.69, 9.17) is 0 Å². The fourth-order valence-electron chi connectivity index (χ4n) is 4.76. The summed E-state index contributed by atoms with van der Waals surface area (Å²) < 4.78 is 0. The summed E-state index contributed by atoms with van der Waals surface area (Å²) in [5, 5.41) is 3.68. The van der Waals surface area contributed by atoms with Crippen molar-refractivity contribution in [2.75, 3.05) is 39.8 Å². The van der Waals surface area contributed by atoms with Gasteiger partial charge < -0.3 is 10.2 Å². The van der Waals surface area contributed by atoms with Crippen molar-refractivity contribution in [1.29, 1.82) is 0 Å². The number of nitrogens with zero attached hydrogens (tertiary/aromatic N) is 3. The molecule has 2 heterocycles. The van der Waals surface area contributed by atoms with Crippen molar-refractivity contribution in [3.05, 3.63) is 0 Å². The van der Waals surface area contributed by atoms with Crippen molar-refractivity contribution in [1.82, 2.24) is 15.1 Å². The molecule has 1 saturated carbocycles. The van der Waals surface area contributed by atoms with Gasteiger partial charge in [-0.2, -0.15) is 0 Å². The van der Waals surface area contributed by atoms with Gasteiger partial charge in [-0.05, 0) is 57.0 Å². The Balaban J connectivity index is 1.51. The third-order valence-electron chi connectivity index (χ3n) is 6.11. The first-order valence-electron chi connectivity index (χ1n) is 9.51. The molecule has 4 heteroatoms. The summed E-state index contributed by atoms with van der Waals surface area (Å²) in [6.45, 7) is 8.39. The van der Waals surface area contributed by atoms with Crippen LogP contribution in [0.3, 0.4) is 0 Å². The van der Waals surface area contributed by atoms with Crippen molar-refractivity contribution in [3.63, 3.8) is 0 Å². The molecule has 3 aliphatic rings. The highest BCUT2D eigenvalue weighted by molar-refractivity contribution is 5.80. The van der Waals surface area contributed by atoms with Crippen LogP contribution >= 0.6 is 0 Å². The van der Waals surface area contributed by atoms with E-state index in [-0.39, 0.29) is 0 Å². The zero-order valence-electron chi connectivity index (χ0n) is 14.6. The number of rotatable bonds is 4. The van der Waals surface area contributed by atoms with Gasteiger partial charge in [-0.25, -0.2) is 0 Å². The van der Waals surface area contributed by atoms with E-state index in [2.05, 4.69) is 27.0 Å². The number of nitrogens with one attached hydrogen (secondary N) is 1. The molecule has 1 N–H and O–H groups in total. The second-order valence-corrected chi connectivity index (χ2v) is 7.44. The highest BCUT2D eigenvalue weighted by Gasteiger charge is 2.35. The molecule has 3 atom stereocenters. The molecule has 0 spiro atoms. The number of aliphatic imine (C=N–C) groups is 1. The number of likely N-dealkylation sites (tertiary alicyclic amines) is 2. The number of guanidine groups is 1. The maximum absolute atomic E-state index is 4.57. The first kappa shape index (κ1) is 16.1. The Kier molecular flexibility index (Phi) is 5.61. The molecule has 0 bridgehead atoms. The Hall–Kier alpha value is -0.770. The van der Waals surface area contributed by atoms with E-state index >= 15 is 0 Å². The second-order valence-electron chi connectivity index (χ2n) is 7.44. The van der Waals surface area contributed by atoms with E-state index in [9.17, 15) is 0 Å². The molecule has 4 nitrogen and oxygen atoms in total. The van der Waals surface area contributed by atoms with Gasteiger partial charge in [0.05, 0.1) is 0 Å². The minimum atomic E-state index is 0.670. The fourth-order valence-corrected chi connectivity index (χ4v) is 4.76. The average molecular weight is 306 g/mol. The van der Waals surface area contributed by atoms with Gasteiger partial charge in [-0.1, -0.05) is 19.8 Å². The lowest BCUT2D eigenvalue weighted by atomic mass is 9.82. The van der Waals surface area contributed by atoms with Crippen LogP contribution in [0.1, 0.15) is 51.9 Å². The fraction of sp³-hybridized carbons (Fsp3) is 0.944. The summed E-state index contributed by atoms with van der Waals surface area (Å²) in [6.07, 6.45) is 9.73. The Morgan fingerprint density at radius 3 is 2.27 bits per heavy atom. The van der Waals surface area contributed by atoms with Gasteiger partial charge in [0.1, 0.15) is 0 Å². The van der Waals surface area contributed by atoms with Crippen LogP contribution < -0.4 is 5.32 Å². The van der Waals surface area contributed by atoms with Crippen LogP contribution in [-0.4, -0.2) is 61.6 Å². The maximum Gasteiger partial charge on any atom is 0.193 e. The van der Waals surface area contributed by atoms with Gasteiger partial charge in [0.15, 0.2) is 5.96 Å². The quantitative estimate of drug-likeness (QED) is 0.640. The largest absolute Gasteiger partial charge is 0.355 e. The highest BCUT2D eigenvalue weighted by atomic mass is 15.3. The molecule has 3 rings (SSSR count). The van der Waals surface area contributed by atoms with Crippen LogP contribution in [0.5, 0.6) is 0 Å². The lowest BCUT2D eigenvalue weighted by molar-refractivity contribution is 0.234. The third kappa shape index (κ3) is 3.58. The Labute approximate surface area is 136 Å². The molecule has 1 aliphatic carbocycles. The lowest BCUT2D eigenvalue weighted by Gasteiger charge is -2.29. The summed E-state index contributed by atoms with van der Waals surface area (Å²) in [6, 6.07) is 0.670. The first-order valence-corrected chi connectivity index (χ1v) is 9.51. The molecule has 2 aliphatic heterocycles. The van der Waals surface area contributed by atoms with Crippen LogP contribution in [0.25, 0.3) is 0 Å². The van der Waals surface area contributed by atoms with Crippen LogP contribution in [0.4, 0.5) is 0 Å². The normalized spacial score (nSPS) is 31.4. The summed E-state index contributed by atoms with van der Waals surface area (Å²) in [7, 11) is 1.95. The third-order valence-corrected chi connectivity index (χ3v) is 6.11. The molecule has 0 amide bonds. The van der Waals surface area contributed by atoms with E-state index in [0.29, 0.717) is 6.04 Å².